The molecule has 0 aromatic heterocycles. The molecule has 1 saturated carbocycles. The first kappa shape index (κ1) is 7.03. The summed E-state index contributed by atoms with van der Waals surface area (Å²) in [6.07, 6.45) is 6.31. The number of hydrogen-bond acceptors (Lipinski definition) is 1. The van der Waals surface area contributed by atoms with Crippen molar-refractivity contribution in [2.24, 2.45) is 5.92 Å². The lowest BCUT2D eigenvalue weighted by molar-refractivity contribution is -0.311. The molecule has 1 radical (unpaired) electrons. The van der Waals surface area contributed by atoms with E-state index in [1.165, 1.54) is 32.1 Å². The summed E-state index contributed by atoms with van der Waals surface area (Å²) < 4.78 is 0. The Hall–Kier alpha value is -0.0800. The first-order valence-electron chi connectivity index (χ1n) is 3.68. The molecule has 1 aliphatic carbocycles. The van der Waals surface area contributed by atoms with E-state index in [-0.39, 0.29) is 0 Å². The van der Waals surface area contributed by atoms with Gasteiger partial charge in [-0.25, -0.2) is 4.89 Å². The van der Waals surface area contributed by atoms with E-state index in [4.69, 9.17) is 0 Å². The molecule has 0 aliphatic heterocycles. The van der Waals surface area contributed by atoms with Crippen molar-refractivity contribution in [3.05, 3.63) is 0 Å². The monoisotopic (exact) mass is 129 g/mol. The van der Waals surface area contributed by atoms with Crippen LogP contribution in [-0.2, 0) is 10.1 Å². The Kier molecular flexibility index (Phi) is 3.01. The lowest BCUT2D eigenvalue weighted by Crippen LogP contribution is -2.11. The van der Waals surface area contributed by atoms with Gasteiger partial charge in [0.25, 0.3) is 0 Å². The summed E-state index contributed by atoms with van der Waals surface area (Å²) in [6.45, 7) is 0.431. The van der Waals surface area contributed by atoms with Crippen LogP contribution in [0, 0.1) is 5.92 Å². The maximum Gasteiger partial charge on any atom is 0.0883 e. The Balaban J connectivity index is 2.08. The third-order valence-corrected chi connectivity index (χ3v) is 2.03. The van der Waals surface area contributed by atoms with Crippen molar-refractivity contribution in [1.82, 2.24) is 0 Å². The largest absolute Gasteiger partial charge is 0.204 e. The molecule has 2 heteroatoms. The quantitative estimate of drug-likeness (QED) is 0.413. The lowest BCUT2D eigenvalue weighted by atomic mass is 9.90. The summed E-state index contributed by atoms with van der Waals surface area (Å²) in [5.74, 6) is 0.566. The highest BCUT2D eigenvalue weighted by molar-refractivity contribution is 4.63. The van der Waals surface area contributed by atoms with Gasteiger partial charge in [0, 0.05) is 0 Å². The first-order valence-corrected chi connectivity index (χ1v) is 3.68. The van der Waals surface area contributed by atoms with Crippen LogP contribution in [0.5, 0.6) is 0 Å². The van der Waals surface area contributed by atoms with Gasteiger partial charge in [0.05, 0.1) is 6.61 Å². The van der Waals surface area contributed by atoms with E-state index in [0.29, 0.717) is 12.5 Å². The third kappa shape index (κ3) is 2.33. The van der Waals surface area contributed by atoms with E-state index in [1.807, 2.05) is 0 Å². The van der Waals surface area contributed by atoms with Crippen molar-refractivity contribution >= 4 is 0 Å². The molecule has 0 aromatic rings. The molecule has 1 rings (SSSR count). The lowest BCUT2D eigenvalue weighted by Gasteiger charge is -2.18. The van der Waals surface area contributed by atoms with Gasteiger partial charge in [0.2, 0.25) is 0 Å². The van der Waals surface area contributed by atoms with Crippen LogP contribution in [0.15, 0.2) is 0 Å². The molecule has 0 heterocycles. The highest BCUT2D eigenvalue weighted by atomic mass is 17.1. The fourth-order valence-corrected chi connectivity index (χ4v) is 1.45. The van der Waals surface area contributed by atoms with E-state index in [1.54, 1.807) is 0 Å². The maximum atomic E-state index is 9.70. The van der Waals surface area contributed by atoms with Crippen LogP contribution in [0.1, 0.15) is 32.1 Å². The zero-order valence-corrected chi connectivity index (χ0v) is 5.64. The van der Waals surface area contributed by atoms with Crippen LogP contribution in [0.2, 0.25) is 0 Å². The summed E-state index contributed by atoms with van der Waals surface area (Å²) in [5, 5.41) is 9.70. The molecule has 53 valence electrons. The van der Waals surface area contributed by atoms with Crippen molar-refractivity contribution in [3.63, 3.8) is 0 Å². The Morgan fingerprint density at radius 3 is 2.44 bits per heavy atom. The summed E-state index contributed by atoms with van der Waals surface area (Å²) >= 11 is 0. The van der Waals surface area contributed by atoms with E-state index in [9.17, 15) is 5.26 Å². The van der Waals surface area contributed by atoms with Crippen LogP contribution in [0.4, 0.5) is 0 Å². The summed E-state index contributed by atoms with van der Waals surface area (Å²) in [7, 11) is 0. The first-order chi connectivity index (χ1) is 4.43. The minimum Gasteiger partial charge on any atom is -0.204 e. The van der Waals surface area contributed by atoms with Crippen molar-refractivity contribution in [3.8, 4) is 0 Å². The normalized spacial score (nSPS) is 22.3. The molecular formula is C7H13O2. The van der Waals surface area contributed by atoms with Gasteiger partial charge in [-0.3, -0.25) is 0 Å². The molecule has 0 aromatic carbocycles. The maximum absolute atomic E-state index is 9.70. The molecule has 2 nitrogen and oxygen atoms in total. The minimum absolute atomic E-state index is 0.431. The Bertz CT molecular complexity index is 64.6. The van der Waals surface area contributed by atoms with E-state index < -0.39 is 0 Å². The highest BCUT2D eigenvalue weighted by Gasteiger charge is 2.12. The van der Waals surface area contributed by atoms with Gasteiger partial charge in [-0.15, -0.1) is 0 Å². The zero-order chi connectivity index (χ0) is 6.53. The SMILES string of the molecule is [O]OCC1CCCCC1. The van der Waals surface area contributed by atoms with Gasteiger partial charge in [-0.1, -0.05) is 19.3 Å². The van der Waals surface area contributed by atoms with Gasteiger partial charge >= 0.3 is 0 Å². The van der Waals surface area contributed by atoms with Crippen molar-refractivity contribution in [2.45, 2.75) is 32.1 Å². The van der Waals surface area contributed by atoms with Gasteiger partial charge in [0.1, 0.15) is 0 Å². The van der Waals surface area contributed by atoms with Crippen molar-refractivity contribution in [1.29, 1.82) is 0 Å². The van der Waals surface area contributed by atoms with Crippen molar-refractivity contribution in [2.75, 3.05) is 6.61 Å². The molecule has 1 fully saturated rings. The second kappa shape index (κ2) is 3.85. The van der Waals surface area contributed by atoms with Gasteiger partial charge in [0.15, 0.2) is 0 Å². The molecule has 0 saturated heterocycles. The van der Waals surface area contributed by atoms with Crippen LogP contribution in [-0.4, -0.2) is 6.61 Å². The van der Waals surface area contributed by atoms with Gasteiger partial charge in [-0.05, 0) is 24.0 Å². The van der Waals surface area contributed by atoms with Crippen LogP contribution >= 0.6 is 0 Å². The molecule has 0 N–H and O–H groups in total. The summed E-state index contributed by atoms with van der Waals surface area (Å²) in [6, 6.07) is 0. The van der Waals surface area contributed by atoms with Gasteiger partial charge < -0.3 is 0 Å². The van der Waals surface area contributed by atoms with E-state index >= 15 is 0 Å². The molecule has 0 spiro atoms. The fraction of sp³-hybridized carbons (Fsp3) is 1.00. The smallest absolute Gasteiger partial charge is 0.0883 e. The predicted molar refractivity (Wildman–Crippen MR) is 33.2 cm³/mol. The predicted octanol–water partition coefficient (Wildman–Crippen LogP) is 1.93. The van der Waals surface area contributed by atoms with Gasteiger partial charge in [-0.2, -0.15) is 0 Å². The number of rotatable bonds is 2. The average molecular weight is 129 g/mol. The zero-order valence-electron chi connectivity index (χ0n) is 5.64. The second-order valence-electron chi connectivity index (χ2n) is 2.79. The average Bonchev–Trinajstić information content (AvgIpc) is 1.91. The molecule has 1 aliphatic rings. The standard InChI is InChI=1S/C7H13O2/c8-9-6-7-4-2-1-3-5-7/h7H,1-6H2. The molecule has 0 bridgehead atoms. The minimum atomic E-state index is 0.431. The van der Waals surface area contributed by atoms with Crippen LogP contribution < -0.4 is 0 Å². The number of hydrogen-bond donors (Lipinski definition) is 0. The Morgan fingerprint density at radius 1 is 1.22 bits per heavy atom. The molecule has 0 unspecified atom stereocenters. The second-order valence-corrected chi connectivity index (χ2v) is 2.79. The molecule has 0 atom stereocenters. The van der Waals surface area contributed by atoms with E-state index in [0.717, 1.165) is 0 Å². The third-order valence-electron chi connectivity index (χ3n) is 2.03. The molecule has 9 heavy (non-hydrogen) atoms. The summed E-state index contributed by atoms with van der Waals surface area (Å²) in [4.78, 5) is 3.83. The van der Waals surface area contributed by atoms with E-state index in [2.05, 4.69) is 4.89 Å². The van der Waals surface area contributed by atoms with Crippen molar-refractivity contribution < 1.29 is 10.1 Å². The summed E-state index contributed by atoms with van der Waals surface area (Å²) in [5.41, 5.74) is 0. The Morgan fingerprint density at radius 2 is 1.89 bits per heavy atom. The topological polar surface area (TPSA) is 29.1 Å². The Labute approximate surface area is 55.8 Å². The van der Waals surface area contributed by atoms with Crippen LogP contribution in [0.25, 0.3) is 0 Å². The highest BCUT2D eigenvalue weighted by Crippen LogP contribution is 2.23. The van der Waals surface area contributed by atoms with Crippen LogP contribution in [0.3, 0.4) is 0 Å². The molecule has 0 amide bonds. The fourth-order valence-electron chi connectivity index (χ4n) is 1.45. The molecular weight excluding hydrogens is 116 g/mol.